The van der Waals surface area contributed by atoms with Gasteiger partial charge in [0.25, 0.3) is 0 Å². The molecule has 0 aliphatic heterocycles. The van der Waals surface area contributed by atoms with Gasteiger partial charge in [-0.2, -0.15) is 13.2 Å². The second kappa shape index (κ2) is 8.86. The first-order valence-electron chi connectivity index (χ1n) is 9.12. The van der Waals surface area contributed by atoms with Crippen molar-refractivity contribution in [2.45, 2.75) is 19.7 Å². The van der Waals surface area contributed by atoms with Gasteiger partial charge in [0.05, 0.1) is 5.56 Å². The number of esters is 1. The molecule has 0 saturated carbocycles. The summed E-state index contributed by atoms with van der Waals surface area (Å²) in [4.78, 5) is 12.9. The summed E-state index contributed by atoms with van der Waals surface area (Å²) in [6.07, 6.45) is -3.58. The molecule has 0 aliphatic rings. The molecule has 0 amide bonds. The predicted octanol–water partition coefficient (Wildman–Crippen LogP) is 6.46. The maximum atomic E-state index is 13.7. The van der Waals surface area contributed by atoms with E-state index in [2.05, 4.69) is 6.58 Å². The van der Waals surface area contributed by atoms with Gasteiger partial charge >= 0.3 is 12.1 Å². The molecule has 0 bridgehead atoms. The normalized spacial score (nSPS) is 11.1. The van der Waals surface area contributed by atoms with Gasteiger partial charge in [-0.25, -0.2) is 4.79 Å². The second-order valence-electron chi connectivity index (χ2n) is 6.52. The molecule has 154 valence electrons. The van der Waals surface area contributed by atoms with Crippen LogP contribution in [-0.2, 0) is 12.8 Å². The van der Waals surface area contributed by atoms with Gasteiger partial charge in [-0.15, -0.1) is 0 Å². The number of carbonyl (C=O) groups excluding carboxylic acids is 1. The van der Waals surface area contributed by atoms with Gasteiger partial charge in [0.2, 0.25) is 0 Å². The molecule has 3 nitrogen and oxygen atoms in total. The first kappa shape index (κ1) is 21.2. The Balaban J connectivity index is 2.07. The monoisotopic (exact) mass is 412 g/mol. The molecule has 3 aromatic carbocycles. The van der Waals surface area contributed by atoms with Crippen LogP contribution in [0.5, 0.6) is 11.5 Å². The van der Waals surface area contributed by atoms with Crippen molar-refractivity contribution in [3.8, 4) is 11.5 Å². The number of rotatable bonds is 6. The molecule has 0 unspecified atom stereocenters. The molecule has 0 atom stereocenters. The van der Waals surface area contributed by atoms with Gasteiger partial charge < -0.3 is 9.47 Å². The van der Waals surface area contributed by atoms with Crippen molar-refractivity contribution in [1.29, 1.82) is 0 Å². The zero-order valence-corrected chi connectivity index (χ0v) is 16.2. The van der Waals surface area contributed by atoms with E-state index in [1.54, 1.807) is 30.3 Å². The van der Waals surface area contributed by atoms with Crippen LogP contribution in [0.2, 0.25) is 0 Å². The molecule has 0 aromatic heterocycles. The zero-order chi connectivity index (χ0) is 21.7. The topological polar surface area (TPSA) is 35.5 Å². The van der Waals surface area contributed by atoms with E-state index in [1.807, 2.05) is 30.3 Å². The summed E-state index contributed by atoms with van der Waals surface area (Å²) in [5.41, 5.74) is -0.849. The lowest BCUT2D eigenvalue weighted by Crippen LogP contribution is -2.18. The van der Waals surface area contributed by atoms with Crippen LogP contribution in [0.15, 0.2) is 73.3 Å². The number of carbonyl (C=O) groups is 1. The SMILES string of the molecule is C=Cc1cc(OCc2ccccc2)c(C(=O)Oc2ccccc2)c(C)c1C(F)(F)F. The smallest absolute Gasteiger partial charge is 0.417 e. The minimum absolute atomic E-state index is 0.000171. The fourth-order valence-electron chi connectivity index (χ4n) is 3.10. The number of para-hydroxylation sites is 1. The van der Waals surface area contributed by atoms with Gasteiger partial charge in [-0.05, 0) is 41.8 Å². The third kappa shape index (κ3) is 4.71. The number of alkyl halides is 3. The minimum atomic E-state index is -4.67. The van der Waals surface area contributed by atoms with E-state index in [0.717, 1.165) is 11.6 Å². The van der Waals surface area contributed by atoms with Gasteiger partial charge in [0, 0.05) is 0 Å². The van der Waals surface area contributed by atoms with E-state index in [9.17, 15) is 18.0 Å². The Kier molecular flexibility index (Phi) is 6.26. The Morgan fingerprint density at radius 2 is 1.63 bits per heavy atom. The maximum Gasteiger partial charge on any atom is 0.417 e. The number of benzene rings is 3. The molecular weight excluding hydrogens is 393 g/mol. The molecule has 0 saturated heterocycles. The lowest BCUT2D eigenvalue weighted by atomic mass is 9.95. The number of hydrogen-bond donors (Lipinski definition) is 0. The van der Waals surface area contributed by atoms with E-state index >= 15 is 0 Å². The van der Waals surface area contributed by atoms with E-state index in [-0.39, 0.29) is 34.8 Å². The highest BCUT2D eigenvalue weighted by molar-refractivity contribution is 5.96. The molecule has 3 aromatic rings. The third-order valence-electron chi connectivity index (χ3n) is 4.47. The maximum absolute atomic E-state index is 13.7. The van der Waals surface area contributed by atoms with E-state index in [1.165, 1.54) is 13.0 Å². The number of hydrogen-bond acceptors (Lipinski definition) is 3. The first-order chi connectivity index (χ1) is 14.3. The molecule has 0 fully saturated rings. The Morgan fingerprint density at radius 3 is 2.20 bits per heavy atom. The van der Waals surface area contributed by atoms with Gasteiger partial charge in [-0.3, -0.25) is 0 Å². The van der Waals surface area contributed by atoms with Crippen LogP contribution in [0.25, 0.3) is 6.08 Å². The Bertz CT molecular complexity index is 1040. The third-order valence-corrected chi connectivity index (χ3v) is 4.47. The Hall–Kier alpha value is -3.54. The summed E-state index contributed by atoms with van der Waals surface area (Å²) in [7, 11) is 0. The fourth-order valence-corrected chi connectivity index (χ4v) is 3.10. The van der Waals surface area contributed by atoms with Crippen LogP contribution < -0.4 is 9.47 Å². The van der Waals surface area contributed by atoms with Crippen molar-refractivity contribution < 1.29 is 27.4 Å². The molecule has 0 heterocycles. The first-order valence-corrected chi connectivity index (χ1v) is 9.12. The molecule has 3 rings (SSSR count). The fraction of sp³-hybridized carbons (Fsp3) is 0.125. The van der Waals surface area contributed by atoms with E-state index in [0.29, 0.717) is 0 Å². The summed E-state index contributed by atoms with van der Waals surface area (Å²) in [6, 6.07) is 18.4. The van der Waals surface area contributed by atoms with Crippen LogP contribution in [0.1, 0.15) is 32.6 Å². The van der Waals surface area contributed by atoms with Crippen molar-refractivity contribution in [3.05, 3.63) is 101 Å². The highest BCUT2D eigenvalue weighted by Crippen LogP contribution is 2.40. The van der Waals surface area contributed by atoms with Crippen LogP contribution in [-0.4, -0.2) is 5.97 Å². The van der Waals surface area contributed by atoms with Crippen LogP contribution >= 0.6 is 0 Å². The average Bonchev–Trinajstić information content (AvgIpc) is 2.72. The molecule has 0 spiro atoms. The highest BCUT2D eigenvalue weighted by atomic mass is 19.4. The van der Waals surface area contributed by atoms with Crippen molar-refractivity contribution in [2.75, 3.05) is 0 Å². The van der Waals surface area contributed by atoms with Gasteiger partial charge in [0.15, 0.2) is 0 Å². The summed E-state index contributed by atoms with van der Waals surface area (Å²) in [6.45, 7) is 4.78. The summed E-state index contributed by atoms with van der Waals surface area (Å²) in [5.74, 6) is -0.708. The van der Waals surface area contributed by atoms with Crippen LogP contribution in [0.4, 0.5) is 13.2 Å². The molecular formula is C24H19F3O3. The Morgan fingerprint density at radius 1 is 1.03 bits per heavy atom. The van der Waals surface area contributed by atoms with E-state index in [4.69, 9.17) is 9.47 Å². The molecule has 0 N–H and O–H groups in total. The standard InChI is InChI=1S/C24H19F3O3/c1-3-18-14-20(29-15-17-10-6-4-7-11-17)21(16(2)22(18)24(25,26)27)23(28)30-19-12-8-5-9-13-19/h3-14H,1,15H2,2H3. The predicted molar refractivity (Wildman–Crippen MR) is 108 cm³/mol. The van der Waals surface area contributed by atoms with Crippen molar-refractivity contribution >= 4 is 12.0 Å². The summed E-state index contributed by atoms with van der Waals surface area (Å²) >= 11 is 0. The van der Waals surface area contributed by atoms with Crippen molar-refractivity contribution in [3.63, 3.8) is 0 Å². The molecule has 30 heavy (non-hydrogen) atoms. The Labute approximate surface area is 172 Å². The quantitative estimate of drug-likeness (QED) is 0.345. The minimum Gasteiger partial charge on any atom is -0.488 e. The largest absolute Gasteiger partial charge is 0.488 e. The van der Waals surface area contributed by atoms with Gasteiger partial charge in [-0.1, -0.05) is 61.2 Å². The van der Waals surface area contributed by atoms with Crippen molar-refractivity contribution in [1.82, 2.24) is 0 Å². The lowest BCUT2D eigenvalue weighted by Gasteiger charge is -2.20. The average molecular weight is 412 g/mol. The summed E-state index contributed by atoms with van der Waals surface area (Å²) < 4.78 is 52.2. The van der Waals surface area contributed by atoms with E-state index < -0.39 is 17.7 Å². The van der Waals surface area contributed by atoms with Crippen LogP contribution in [0, 0.1) is 6.92 Å². The number of halogens is 3. The zero-order valence-electron chi connectivity index (χ0n) is 16.2. The molecule has 0 radical (unpaired) electrons. The van der Waals surface area contributed by atoms with Crippen LogP contribution in [0.3, 0.4) is 0 Å². The van der Waals surface area contributed by atoms with Gasteiger partial charge in [0.1, 0.15) is 23.7 Å². The summed E-state index contributed by atoms with van der Waals surface area (Å²) in [5, 5.41) is 0. The molecule has 6 heteroatoms. The molecule has 0 aliphatic carbocycles. The van der Waals surface area contributed by atoms with Crippen molar-refractivity contribution in [2.24, 2.45) is 0 Å². The second-order valence-corrected chi connectivity index (χ2v) is 6.52. The number of ether oxygens (including phenoxy) is 2. The lowest BCUT2D eigenvalue weighted by molar-refractivity contribution is -0.138. The highest BCUT2D eigenvalue weighted by Gasteiger charge is 2.38.